The van der Waals surface area contributed by atoms with Gasteiger partial charge in [-0.2, -0.15) is 0 Å². The third-order valence-corrected chi connectivity index (χ3v) is 2.94. The number of rotatable bonds is 6. The molecule has 4 heteroatoms. The highest BCUT2D eigenvalue weighted by molar-refractivity contribution is 9.10. The number of ether oxygens (including phenoxy) is 1. The number of hydrogen-bond donors (Lipinski definition) is 1. The van der Waals surface area contributed by atoms with Crippen LogP contribution in [0.15, 0.2) is 22.7 Å². The second-order valence-electron chi connectivity index (χ2n) is 3.24. The Morgan fingerprint density at radius 1 is 1.47 bits per heavy atom. The second-order valence-corrected chi connectivity index (χ2v) is 4.03. The zero-order valence-corrected chi connectivity index (χ0v) is 10.3. The molecule has 0 unspecified atom stereocenters. The van der Waals surface area contributed by atoms with Crippen molar-refractivity contribution in [2.45, 2.75) is 13.0 Å². The summed E-state index contributed by atoms with van der Waals surface area (Å²) >= 11 is 3.22. The van der Waals surface area contributed by atoms with Gasteiger partial charge in [0.2, 0.25) is 0 Å². The monoisotopic (exact) mass is 275 g/mol. The molecule has 0 heterocycles. The van der Waals surface area contributed by atoms with Gasteiger partial charge < -0.3 is 10.1 Å². The van der Waals surface area contributed by atoms with Crippen molar-refractivity contribution in [3.63, 3.8) is 0 Å². The van der Waals surface area contributed by atoms with Crippen LogP contribution in [0.25, 0.3) is 0 Å². The standard InChI is InChI=1S/C11H15BrFNO/c1-15-7-3-6-14-8-9-4-2-5-10(13)11(9)12/h2,4-5,14H,3,6-8H2,1H3. The molecule has 0 aliphatic carbocycles. The van der Waals surface area contributed by atoms with Gasteiger partial charge in [0, 0.05) is 20.3 Å². The minimum absolute atomic E-state index is 0.216. The molecule has 0 spiro atoms. The number of halogens is 2. The van der Waals surface area contributed by atoms with Gasteiger partial charge in [0.15, 0.2) is 0 Å². The molecule has 0 fully saturated rings. The van der Waals surface area contributed by atoms with E-state index in [9.17, 15) is 4.39 Å². The highest BCUT2D eigenvalue weighted by Gasteiger charge is 2.03. The first kappa shape index (κ1) is 12.6. The number of methoxy groups -OCH3 is 1. The fourth-order valence-corrected chi connectivity index (χ4v) is 1.65. The SMILES string of the molecule is COCCCNCc1cccc(F)c1Br. The van der Waals surface area contributed by atoms with Gasteiger partial charge in [0.1, 0.15) is 5.82 Å². The second kappa shape index (κ2) is 6.93. The molecule has 84 valence electrons. The zero-order chi connectivity index (χ0) is 11.1. The Morgan fingerprint density at radius 3 is 3.00 bits per heavy atom. The summed E-state index contributed by atoms with van der Waals surface area (Å²) in [5.41, 5.74) is 0.937. The fraction of sp³-hybridized carbons (Fsp3) is 0.455. The molecule has 0 atom stereocenters. The first-order valence-electron chi connectivity index (χ1n) is 4.88. The summed E-state index contributed by atoms with van der Waals surface area (Å²) < 4.78 is 18.6. The van der Waals surface area contributed by atoms with E-state index in [4.69, 9.17) is 4.74 Å². The van der Waals surface area contributed by atoms with Gasteiger partial charge in [-0.3, -0.25) is 0 Å². The zero-order valence-electron chi connectivity index (χ0n) is 8.72. The van der Waals surface area contributed by atoms with E-state index in [1.807, 2.05) is 6.07 Å². The van der Waals surface area contributed by atoms with E-state index in [1.165, 1.54) is 6.07 Å². The van der Waals surface area contributed by atoms with Gasteiger partial charge in [0.05, 0.1) is 4.47 Å². The van der Waals surface area contributed by atoms with Gasteiger partial charge in [-0.15, -0.1) is 0 Å². The summed E-state index contributed by atoms with van der Waals surface area (Å²) in [5.74, 6) is -0.216. The van der Waals surface area contributed by atoms with Crippen LogP contribution in [-0.2, 0) is 11.3 Å². The van der Waals surface area contributed by atoms with Crippen molar-refractivity contribution in [1.82, 2.24) is 5.32 Å². The van der Waals surface area contributed by atoms with Crippen LogP contribution in [0.4, 0.5) is 4.39 Å². The maximum atomic E-state index is 13.1. The van der Waals surface area contributed by atoms with Crippen LogP contribution >= 0.6 is 15.9 Å². The molecule has 0 aliphatic rings. The molecular formula is C11H15BrFNO. The van der Waals surface area contributed by atoms with E-state index in [0.717, 1.165) is 25.1 Å². The van der Waals surface area contributed by atoms with Crippen LogP contribution in [0.3, 0.4) is 0 Å². The van der Waals surface area contributed by atoms with Crippen LogP contribution in [-0.4, -0.2) is 20.3 Å². The molecule has 0 bridgehead atoms. The van der Waals surface area contributed by atoms with Crippen molar-refractivity contribution in [2.24, 2.45) is 0 Å². The normalized spacial score (nSPS) is 10.6. The lowest BCUT2D eigenvalue weighted by atomic mass is 10.2. The number of hydrogen-bond acceptors (Lipinski definition) is 2. The average molecular weight is 276 g/mol. The first-order chi connectivity index (χ1) is 7.25. The van der Waals surface area contributed by atoms with E-state index in [-0.39, 0.29) is 5.82 Å². The van der Waals surface area contributed by atoms with E-state index < -0.39 is 0 Å². The van der Waals surface area contributed by atoms with Crippen molar-refractivity contribution in [1.29, 1.82) is 0 Å². The summed E-state index contributed by atoms with van der Waals surface area (Å²) in [7, 11) is 1.68. The fourth-order valence-electron chi connectivity index (χ4n) is 1.25. The van der Waals surface area contributed by atoms with Gasteiger partial charge in [-0.1, -0.05) is 12.1 Å². The quantitative estimate of drug-likeness (QED) is 0.807. The molecule has 1 N–H and O–H groups in total. The number of nitrogens with one attached hydrogen (secondary N) is 1. The van der Waals surface area contributed by atoms with Gasteiger partial charge in [-0.05, 0) is 40.5 Å². The first-order valence-corrected chi connectivity index (χ1v) is 5.67. The van der Waals surface area contributed by atoms with E-state index in [2.05, 4.69) is 21.2 Å². The number of benzene rings is 1. The van der Waals surface area contributed by atoms with Crippen molar-refractivity contribution < 1.29 is 9.13 Å². The van der Waals surface area contributed by atoms with E-state index in [0.29, 0.717) is 11.0 Å². The summed E-state index contributed by atoms with van der Waals surface area (Å²) in [6.45, 7) is 2.29. The highest BCUT2D eigenvalue weighted by atomic mass is 79.9. The molecule has 0 saturated heterocycles. The Kier molecular flexibility index (Phi) is 5.83. The predicted molar refractivity (Wildman–Crippen MR) is 62.3 cm³/mol. The van der Waals surface area contributed by atoms with Crippen molar-refractivity contribution in [3.8, 4) is 0 Å². The molecule has 0 saturated carbocycles. The molecule has 0 amide bonds. The van der Waals surface area contributed by atoms with Crippen LogP contribution in [0, 0.1) is 5.82 Å². The minimum atomic E-state index is -0.216. The Morgan fingerprint density at radius 2 is 2.27 bits per heavy atom. The smallest absolute Gasteiger partial charge is 0.137 e. The molecule has 2 nitrogen and oxygen atoms in total. The third kappa shape index (κ3) is 4.28. The van der Waals surface area contributed by atoms with Gasteiger partial charge in [-0.25, -0.2) is 4.39 Å². The molecule has 1 aromatic carbocycles. The van der Waals surface area contributed by atoms with Crippen molar-refractivity contribution >= 4 is 15.9 Å². The molecule has 15 heavy (non-hydrogen) atoms. The Labute approximate surface area is 98.0 Å². The Hall–Kier alpha value is -0.450. The molecule has 1 aromatic rings. The topological polar surface area (TPSA) is 21.3 Å². The maximum Gasteiger partial charge on any atom is 0.137 e. The van der Waals surface area contributed by atoms with Crippen LogP contribution in [0.2, 0.25) is 0 Å². The van der Waals surface area contributed by atoms with Crippen LogP contribution in [0.5, 0.6) is 0 Å². The van der Waals surface area contributed by atoms with Crippen molar-refractivity contribution in [3.05, 3.63) is 34.1 Å². The average Bonchev–Trinajstić information content (AvgIpc) is 2.24. The summed E-state index contributed by atoms with van der Waals surface area (Å²) in [4.78, 5) is 0. The van der Waals surface area contributed by atoms with Crippen LogP contribution in [0.1, 0.15) is 12.0 Å². The van der Waals surface area contributed by atoms with Gasteiger partial charge >= 0.3 is 0 Å². The lowest BCUT2D eigenvalue weighted by Crippen LogP contribution is -2.16. The Bertz CT molecular complexity index is 307. The molecular weight excluding hydrogens is 261 g/mol. The summed E-state index contributed by atoms with van der Waals surface area (Å²) in [5, 5.41) is 3.23. The molecule has 1 rings (SSSR count). The van der Waals surface area contributed by atoms with E-state index >= 15 is 0 Å². The molecule has 0 aliphatic heterocycles. The summed E-state index contributed by atoms with van der Waals surface area (Å²) in [6, 6.07) is 5.06. The lowest BCUT2D eigenvalue weighted by Gasteiger charge is -2.07. The molecule has 0 aromatic heterocycles. The van der Waals surface area contributed by atoms with Crippen LogP contribution < -0.4 is 5.32 Å². The van der Waals surface area contributed by atoms with E-state index in [1.54, 1.807) is 13.2 Å². The predicted octanol–water partition coefficient (Wildman–Crippen LogP) is 2.71. The van der Waals surface area contributed by atoms with Crippen molar-refractivity contribution in [2.75, 3.05) is 20.3 Å². The highest BCUT2D eigenvalue weighted by Crippen LogP contribution is 2.19. The lowest BCUT2D eigenvalue weighted by molar-refractivity contribution is 0.194. The van der Waals surface area contributed by atoms with Gasteiger partial charge in [0.25, 0.3) is 0 Å². The maximum absolute atomic E-state index is 13.1. The Balaban J connectivity index is 2.34. The molecule has 0 radical (unpaired) electrons. The minimum Gasteiger partial charge on any atom is -0.385 e. The third-order valence-electron chi connectivity index (χ3n) is 2.05. The summed E-state index contributed by atoms with van der Waals surface area (Å²) in [6.07, 6.45) is 0.962. The largest absolute Gasteiger partial charge is 0.385 e.